The van der Waals surface area contributed by atoms with Crippen LogP contribution in [0, 0.1) is 5.92 Å². The van der Waals surface area contributed by atoms with Gasteiger partial charge in [0.05, 0.1) is 25.9 Å². The highest BCUT2D eigenvalue weighted by Gasteiger charge is 2.26. The number of ether oxygens (including phenoxy) is 2. The second-order valence-electron chi connectivity index (χ2n) is 2.25. The molecule has 1 fully saturated rings. The second-order valence-corrected chi connectivity index (χ2v) is 2.25. The lowest BCUT2D eigenvalue weighted by atomic mass is 10.1. The molecule has 1 saturated heterocycles. The molecule has 0 amide bonds. The van der Waals surface area contributed by atoms with Gasteiger partial charge in [-0.1, -0.05) is 0 Å². The summed E-state index contributed by atoms with van der Waals surface area (Å²) >= 11 is 0. The third-order valence-electron chi connectivity index (χ3n) is 1.68. The molecule has 9 heavy (non-hydrogen) atoms. The first kappa shape index (κ1) is 6.99. The highest BCUT2D eigenvalue weighted by Crippen LogP contribution is 2.14. The lowest BCUT2D eigenvalue weighted by Gasteiger charge is -2.11. The first-order valence-corrected chi connectivity index (χ1v) is 3.10. The molecule has 0 aliphatic carbocycles. The molecule has 1 aliphatic heterocycles. The number of aliphatic hydroxyl groups excluding tert-OH is 1. The molecule has 0 aromatic rings. The molecule has 1 aliphatic rings. The first-order valence-electron chi connectivity index (χ1n) is 3.10. The van der Waals surface area contributed by atoms with Crippen molar-refractivity contribution in [1.29, 1.82) is 0 Å². The van der Waals surface area contributed by atoms with Gasteiger partial charge in [-0.25, -0.2) is 0 Å². The van der Waals surface area contributed by atoms with E-state index >= 15 is 0 Å². The zero-order valence-electron chi connectivity index (χ0n) is 5.54. The molecule has 3 nitrogen and oxygen atoms in total. The maximum absolute atomic E-state index is 8.71. The van der Waals surface area contributed by atoms with Gasteiger partial charge in [0.15, 0.2) is 0 Å². The quantitative estimate of drug-likeness (QED) is 0.557. The summed E-state index contributed by atoms with van der Waals surface area (Å²) in [5.41, 5.74) is 0. The van der Waals surface area contributed by atoms with Gasteiger partial charge in [0.2, 0.25) is 0 Å². The molecule has 3 heteroatoms. The molecule has 0 radical (unpaired) electrons. The summed E-state index contributed by atoms with van der Waals surface area (Å²) < 4.78 is 10.1. The zero-order valence-corrected chi connectivity index (χ0v) is 5.54. The summed E-state index contributed by atoms with van der Waals surface area (Å²) in [5, 5.41) is 8.71. The Kier molecular flexibility index (Phi) is 2.45. The van der Waals surface area contributed by atoms with Gasteiger partial charge in [-0.2, -0.15) is 0 Å². The van der Waals surface area contributed by atoms with E-state index in [-0.39, 0.29) is 18.6 Å². The van der Waals surface area contributed by atoms with Crippen molar-refractivity contribution in [3.05, 3.63) is 0 Å². The van der Waals surface area contributed by atoms with Crippen molar-refractivity contribution >= 4 is 0 Å². The highest BCUT2D eigenvalue weighted by molar-refractivity contribution is 4.73. The average molecular weight is 132 g/mol. The zero-order chi connectivity index (χ0) is 6.69. The summed E-state index contributed by atoms with van der Waals surface area (Å²) in [6.07, 6.45) is 0.106. The fraction of sp³-hybridized carbons (Fsp3) is 1.00. The minimum Gasteiger partial charge on any atom is -0.396 e. The van der Waals surface area contributed by atoms with Gasteiger partial charge in [0, 0.05) is 13.0 Å². The van der Waals surface area contributed by atoms with E-state index in [4.69, 9.17) is 14.6 Å². The van der Waals surface area contributed by atoms with Gasteiger partial charge in [0.1, 0.15) is 0 Å². The van der Waals surface area contributed by atoms with Crippen molar-refractivity contribution in [2.24, 2.45) is 5.92 Å². The van der Waals surface area contributed by atoms with Crippen LogP contribution in [0.25, 0.3) is 0 Å². The average Bonchev–Trinajstić information content (AvgIpc) is 2.33. The molecule has 1 N–H and O–H groups in total. The molecule has 2 unspecified atom stereocenters. The Bertz CT molecular complexity index is 74.4. The van der Waals surface area contributed by atoms with Gasteiger partial charge >= 0.3 is 0 Å². The Morgan fingerprint density at radius 1 is 1.67 bits per heavy atom. The van der Waals surface area contributed by atoms with Crippen molar-refractivity contribution in [2.45, 2.75) is 6.10 Å². The fourth-order valence-corrected chi connectivity index (χ4v) is 1.01. The smallest absolute Gasteiger partial charge is 0.0876 e. The standard InChI is InChI=1S/C6H12O3/c1-8-6-4-9-3-5(6)2-7/h5-7H,2-4H2,1H3. The summed E-state index contributed by atoms with van der Waals surface area (Å²) in [6, 6.07) is 0. The molecular formula is C6H12O3. The first-order chi connectivity index (χ1) is 4.38. The minimum absolute atomic E-state index is 0.106. The van der Waals surface area contributed by atoms with Crippen LogP contribution in [0.15, 0.2) is 0 Å². The minimum atomic E-state index is 0.106. The van der Waals surface area contributed by atoms with Gasteiger partial charge in [-0.05, 0) is 0 Å². The monoisotopic (exact) mass is 132 g/mol. The number of hydrogen-bond acceptors (Lipinski definition) is 3. The predicted octanol–water partition coefficient (Wildman–Crippen LogP) is -0.360. The van der Waals surface area contributed by atoms with E-state index in [1.807, 2.05) is 0 Å². The van der Waals surface area contributed by atoms with Gasteiger partial charge in [0.25, 0.3) is 0 Å². The largest absolute Gasteiger partial charge is 0.396 e. The van der Waals surface area contributed by atoms with E-state index in [0.717, 1.165) is 0 Å². The van der Waals surface area contributed by atoms with Crippen LogP contribution in [0.5, 0.6) is 0 Å². The Balaban J connectivity index is 2.32. The number of methoxy groups -OCH3 is 1. The number of aliphatic hydroxyl groups is 1. The van der Waals surface area contributed by atoms with E-state index in [1.54, 1.807) is 7.11 Å². The summed E-state index contributed by atoms with van der Waals surface area (Å²) in [6.45, 7) is 1.43. The van der Waals surface area contributed by atoms with E-state index in [1.165, 1.54) is 0 Å². The van der Waals surface area contributed by atoms with Gasteiger partial charge in [-0.3, -0.25) is 0 Å². The van der Waals surface area contributed by atoms with Crippen LogP contribution in [-0.4, -0.2) is 38.1 Å². The molecule has 0 bridgehead atoms. The molecule has 1 rings (SSSR count). The second kappa shape index (κ2) is 3.15. The van der Waals surface area contributed by atoms with Gasteiger partial charge < -0.3 is 14.6 Å². The van der Waals surface area contributed by atoms with Crippen molar-refractivity contribution in [2.75, 3.05) is 26.9 Å². The Morgan fingerprint density at radius 3 is 2.89 bits per heavy atom. The SMILES string of the molecule is COC1COCC1CO. The normalized spacial score (nSPS) is 35.3. The van der Waals surface area contributed by atoms with Gasteiger partial charge in [-0.15, -0.1) is 0 Å². The number of rotatable bonds is 2. The third kappa shape index (κ3) is 1.41. The highest BCUT2D eigenvalue weighted by atomic mass is 16.5. The Hall–Kier alpha value is -0.120. The lowest BCUT2D eigenvalue weighted by molar-refractivity contribution is 0.0511. The van der Waals surface area contributed by atoms with E-state index in [9.17, 15) is 0 Å². The van der Waals surface area contributed by atoms with Crippen molar-refractivity contribution in [3.63, 3.8) is 0 Å². The molecule has 2 atom stereocenters. The summed E-state index contributed by atoms with van der Waals surface area (Å²) in [7, 11) is 1.64. The fourth-order valence-electron chi connectivity index (χ4n) is 1.01. The maximum atomic E-state index is 8.71. The molecule has 0 aromatic heterocycles. The Morgan fingerprint density at radius 2 is 2.44 bits per heavy atom. The molecular weight excluding hydrogens is 120 g/mol. The van der Waals surface area contributed by atoms with Crippen molar-refractivity contribution in [3.8, 4) is 0 Å². The van der Waals surface area contributed by atoms with Crippen LogP contribution >= 0.6 is 0 Å². The van der Waals surface area contributed by atoms with Crippen LogP contribution < -0.4 is 0 Å². The van der Waals surface area contributed by atoms with E-state index in [2.05, 4.69) is 0 Å². The van der Waals surface area contributed by atoms with Crippen LogP contribution in [0.4, 0.5) is 0 Å². The molecule has 1 heterocycles. The molecule has 0 aromatic carbocycles. The van der Waals surface area contributed by atoms with Crippen molar-refractivity contribution < 1.29 is 14.6 Å². The molecule has 0 spiro atoms. The van der Waals surface area contributed by atoms with Crippen LogP contribution in [0.2, 0.25) is 0 Å². The van der Waals surface area contributed by atoms with Crippen LogP contribution in [0.1, 0.15) is 0 Å². The molecule has 0 saturated carbocycles. The molecule has 54 valence electrons. The van der Waals surface area contributed by atoms with E-state index in [0.29, 0.717) is 13.2 Å². The van der Waals surface area contributed by atoms with Crippen molar-refractivity contribution in [1.82, 2.24) is 0 Å². The van der Waals surface area contributed by atoms with E-state index < -0.39 is 0 Å². The summed E-state index contributed by atoms with van der Waals surface area (Å²) in [5.74, 6) is 0.190. The number of hydrogen-bond donors (Lipinski definition) is 1. The Labute approximate surface area is 54.6 Å². The third-order valence-corrected chi connectivity index (χ3v) is 1.68. The van der Waals surface area contributed by atoms with Crippen LogP contribution in [-0.2, 0) is 9.47 Å². The topological polar surface area (TPSA) is 38.7 Å². The maximum Gasteiger partial charge on any atom is 0.0876 e. The van der Waals surface area contributed by atoms with Crippen LogP contribution in [0.3, 0.4) is 0 Å². The lowest BCUT2D eigenvalue weighted by Crippen LogP contribution is -2.23. The predicted molar refractivity (Wildman–Crippen MR) is 32.2 cm³/mol. The summed E-state index contributed by atoms with van der Waals surface area (Å²) in [4.78, 5) is 0.